The van der Waals surface area contributed by atoms with E-state index < -0.39 is 0 Å². The number of anilines is 2. The van der Waals surface area contributed by atoms with E-state index in [2.05, 4.69) is 5.32 Å². The minimum Gasteiger partial charge on any atom is -0.508 e. The molecule has 0 aliphatic rings. The molecular formula is C14H16N2O. The molecule has 0 saturated carbocycles. The number of phenols is 1. The van der Waals surface area contributed by atoms with E-state index in [1.807, 2.05) is 31.2 Å². The summed E-state index contributed by atoms with van der Waals surface area (Å²) in [7, 11) is 0. The molecule has 0 aliphatic heterocycles. The first-order valence-corrected chi connectivity index (χ1v) is 5.53. The number of hydrogen-bond acceptors (Lipinski definition) is 3. The van der Waals surface area contributed by atoms with Gasteiger partial charge < -0.3 is 16.2 Å². The normalized spacial score (nSPS) is 10.2. The van der Waals surface area contributed by atoms with Crippen LogP contribution in [-0.4, -0.2) is 5.11 Å². The van der Waals surface area contributed by atoms with Gasteiger partial charge in [0.2, 0.25) is 0 Å². The second-order valence-corrected chi connectivity index (χ2v) is 4.11. The fourth-order valence-corrected chi connectivity index (χ4v) is 1.62. The SMILES string of the molecule is Cc1ccc(NCc2cc(N)ccc2O)cc1. The van der Waals surface area contributed by atoms with Crippen LogP contribution in [0.4, 0.5) is 11.4 Å². The van der Waals surface area contributed by atoms with Gasteiger partial charge in [-0.05, 0) is 37.3 Å². The van der Waals surface area contributed by atoms with Gasteiger partial charge in [-0.25, -0.2) is 0 Å². The molecular weight excluding hydrogens is 212 g/mol. The van der Waals surface area contributed by atoms with Crippen molar-refractivity contribution in [3.63, 3.8) is 0 Å². The van der Waals surface area contributed by atoms with Crippen molar-refractivity contribution in [2.75, 3.05) is 11.1 Å². The molecule has 2 aromatic rings. The highest BCUT2D eigenvalue weighted by atomic mass is 16.3. The van der Waals surface area contributed by atoms with Gasteiger partial charge in [-0.1, -0.05) is 17.7 Å². The Morgan fingerprint density at radius 2 is 1.82 bits per heavy atom. The molecule has 0 radical (unpaired) electrons. The Morgan fingerprint density at radius 3 is 2.53 bits per heavy atom. The summed E-state index contributed by atoms with van der Waals surface area (Å²) >= 11 is 0. The van der Waals surface area contributed by atoms with Crippen molar-refractivity contribution in [1.29, 1.82) is 0 Å². The lowest BCUT2D eigenvalue weighted by molar-refractivity contribution is 0.469. The number of phenolic OH excluding ortho intramolecular Hbond substituents is 1. The number of hydrogen-bond donors (Lipinski definition) is 3. The summed E-state index contributed by atoms with van der Waals surface area (Å²) in [6.45, 7) is 2.60. The third-order valence-corrected chi connectivity index (χ3v) is 2.64. The van der Waals surface area contributed by atoms with E-state index in [4.69, 9.17) is 5.73 Å². The summed E-state index contributed by atoms with van der Waals surface area (Å²) in [5.41, 5.74) is 9.38. The molecule has 2 rings (SSSR count). The monoisotopic (exact) mass is 228 g/mol. The molecule has 0 atom stereocenters. The van der Waals surface area contributed by atoms with E-state index in [9.17, 15) is 5.11 Å². The van der Waals surface area contributed by atoms with Crippen LogP contribution >= 0.6 is 0 Å². The van der Waals surface area contributed by atoms with Crippen molar-refractivity contribution in [3.05, 3.63) is 53.6 Å². The Morgan fingerprint density at radius 1 is 1.12 bits per heavy atom. The summed E-state index contributed by atoms with van der Waals surface area (Å²) < 4.78 is 0. The van der Waals surface area contributed by atoms with Crippen molar-refractivity contribution < 1.29 is 5.11 Å². The van der Waals surface area contributed by atoms with Gasteiger partial charge in [-0.15, -0.1) is 0 Å². The predicted molar refractivity (Wildman–Crippen MR) is 71.0 cm³/mol. The number of nitrogens with two attached hydrogens (primary N) is 1. The first-order chi connectivity index (χ1) is 8.15. The largest absolute Gasteiger partial charge is 0.508 e. The highest BCUT2D eigenvalue weighted by Crippen LogP contribution is 2.21. The van der Waals surface area contributed by atoms with Gasteiger partial charge in [0.05, 0.1) is 0 Å². The summed E-state index contributed by atoms with van der Waals surface area (Å²) in [6, 6.07) is 13.2. The number of aryl methyl sites for hydroxylation is 1. The van der Waals surface area contributed by atoms with Gasteiger partial charge in [0, 0.05) is 23.5 Å². The van der Waals surface area contributed by atoms with Crippen LogP contribution in [0.5, 0.6) is 5.75 Å². The van der Waals surface area contributed by atoms with Crippen molar-refractivity contribution >= 4 is 11.4 Å². The Labute approximate surface area is 101 Å². The van der Waals surface area contributed by atoms with Crippen molar-refractivity contribution in [2.24, 2.45) is 0 Å². The number of rotatable bonds is 3. The minimum atomic E-state index is 0.263. The van der Waals surface area contributed by atoms with Crippen molar-refractivity contribution in [1.82, 2.24) is 0 Å². The zero-order valence-electron chi connectivity index (χ0n) is 9.77. The molecule has 0 heterocycles. The Kier molecular flexibility index (Phi) is 3.19. The average Bonchev–Trinajstić information content (AvgIpc) is 2.32. The van der Waals surface area contributed by atoms with Crippen LogP contribution in [0.15, 0.2) is 42.5 Å². The van der Waals surface area contributed by atoms with Crippen LogP contribution in [0.3, 0.4) is 0 Å². The number of nitrogen functional groups attached to an aromatic ring is 1. The molecule has 17 heavy (non-hydrogen) atoms. The standard InChI is InChI=1S/C14H16N2O/c1-10-2-5-13(6-3-10)16-9-11-8-12(15)4-7-14(11)17/h2-8,16-17H,9,15H2,1H3. The van der Waals surface area contributed by atoms with Gasteiger partial charge in [0.25, 0.3) is 0 Å². The average molecular weight is 228 g/mol. The maximum absolute atomic E-state index is 9.66. The molecule has 0 unspecified atom stereocenters. The third kappa shape index (κ3) is 2.91. The zero-order chi connectivity index (χ0) is 12.3. The molecule has 2 aromatic carbocycles. The molecule has 0 spiro atoms. The topological polar surface area (TPSA) is 58.3 Å². The van der Waals surface area contributed by atoms with E-state index in [0.717, 1.165) is 11.3 Å². The van der Waals surface area contributed by atoms with Crippen LogP contribution < -0.4 is 11.1 Å². The second-order valence-electron chi connectivity index (χ2n) is 4.11. The van der Waals surface area contributed by atoms with E-state index in [1.165, 1.54) is 5.56 Å². The highest BCUT2D eigenvalue weighted by molar-refractivity contribution is 5.50. The fourth-order valence-electron chi connectivity index (χ4n) is 1.62. The van der Waals surface area contributed by atoms with Crippen molar-refractivity contribution in [3.8, 4) is 5.75 Å². The number of nitrogens with one attached hydrogen (secondary N) is 1. The lowest BCUT2D eigenvalue weighted by Gasteiger charge is -2.09. The molecule has 0 saturated heterocycles. The number of benzene rings is 2. The minimum absolute atomic E-state index is 0.263. The molecule has 4 N–H and O–H groups in total. The quantitative estimate of drug-likeness (QED) is 0.559. The van der Waals surface area contributed by atoms with Crippen LogP contribution in [0, 0.1) is 6.92 Å². The number of aromatic hydroxyl groups is 1. The van der Waals surface area contributed by atoms with Crippen LogP contribution in [0.2, 0.25) is 0 Å². The Hall–Kier alpha value is -2.16. The molecule has 0 fully saturated rings. The van der Waals surface area contributed by atoms with Crippen molar-refractivity contribution in [2.45, 2.75) is 13.5 Å². The van der Waals surface area contributed by atoms with E-state index in [-0.39, 0.29) is 5.75 Å². The first kappa shape index (κ1) is 11.3. The van der Waals surface area contributed by atoms with E-state index >= 15 is 0 Å². The molecule has 0 aromatic heterocycles. The lowest BCUT2D eigenvalue weighted by atomic mass is 10.1. The zero-order valence-corrected chi connectivity index (χ0v) is 9.77. The van der Waals surface area contributed by atoms with Gasteiger partial charge >= 0.3 is 0 Å². The summed E-state index contributed by atoms with van der Waals surface area (Å²) in [6.07, 6.45) is 0. The maximum Gasteiger partial charge on any atom is 0.120 e. The molecule has 88 valence electrons. The van der Waals surface area contributed by atoms with Crippen LogP contribution in [0.25, 0.3) is 0 Å². The fraction of sp³-hybridized carbons (Fsp3) is 0.143. The Balaban J connectivity index is 2.07. The predicted octanol–water partition coefficient (Wildman–Crippen LogP) is 2.89. The first-order valence-electron chi connectivity index (χ1n) is 5.53. The molecule has 0 amide bonds. The van der Waals surface area contributed by atoms with E-state index in [0.29, 0.717) is 12.2 Å². The van der Waals surface area contributed by atoms with E-state index in [1.54, 1.807) is 18.2 Å². The summed E-state index contributed by atoms with van der Waals surface area (Å²) in [5.74, 6) is 0.263. The van der Waals surface area contributed by atoms with Gasteiger partial charge in [-0.2, -0.15) is 0 Å². The highest BCUT2D eigenvalue weighted by Gasteiger charge is 2.01. The summed E-state index contributed by atoms with van der Waals surface area (Å²) in [4.78, 5) is 0. The van der Waals surface area contributed by atoms with Gasteiger partial charge in [0.1, 0.15) is 5.75 Å². The molecule has 0 bridgehead atoms. The summed E-state index contributed by atoms with van der Waals surface area (Å²) in [5, 5.41) is 12.9. The maximum atomic E-state index is 9.66. The molecule has 0 aliphatic carbocycles. The van der Waals surface area contributed by atoms with Gasteiger partial charge in [0.15, 0.2) is 0 Å². The third-order valence-electron chi connectivity index (χ3n) is 2.64. The second kappa shape index (κ2) is 4.78. The van der Waals surface area contributed by atoms with Crippen LogP contribution in [0.1, 0.15) is 11.1 Å². The smallest absolute Gasteiger partial charge is 0.120 e. The molecule has 3 heteroatoms. The molecule has 3 nitrogen and oxygen atoms in total. The van der Waals surface area contributed by atoms with Crippen LogP contribution in [-0.2, 0) is 6.54 Å². The van der Waals surface area contributed by atoms with Gasteiger partial charge in [-0.3, -0.25) is 0 Å². The lowest BCUT2D eigenvalue weighted by Crippen LogP contribution is -2.00. The Bertz CT molecular complexity index is 506.